The number of carbonyl (C=O) groups is 1. The molecular weight excluding hydrogens is 376 g/mol. The van der Waals surface area contributed by atoms with Crippen LogP contribution in [-0.4, -0.2) is 31.5 Å². The second kappa shape index (κ2) is 9.62. The molecule has 0 bridgehead atoms. The maximum Gasteiger partial charge on any atom is 0.264 e. The van der Waals surface area contributed by atoms with Gasteiger partial charge in [-0.1, -0.05) is 48.5 Å². The van der Waals surface area contributed by atoms with Crippen LogP contribution in [0.25, 0.3) is 16.8 Å². The highest BCUT2D eigenvalue weighted by Crippen LogP contribution is 2.31. The largest absolute Gasteiger partial charge is 0.490 e. The number of hydrogen-bond donors (Lipinski definition) is 0. The Bertz CT molecular complexity index is 1120. The smallest absolute Gasteiger partial charge is 0.264 e. The summed E-state index contributed by atoms with van der Waals surface area (Å²) in [6, 6.07) is 21.7. The number of carbonyl (C=O) groups excluding carboxylic acids is 1. The van der Waals surface area contributed by atoms with Gasteiger partial charge in [0.25, 0.3) is 5.91 Å². The molecule has 5 heteroatoms. The minimum absolute atomic E-state index is 0.0619. The van der Waals surface area contributed by atoms with Gasteiger partial charge in [0.05, 0.1) is 6.61 Å². The molecule has 0 N–H and O–H groups in total. The summed E-state index contributed by atoms with van der Waals surface area (Å²) >= 11 is 0. The lowest BCUT2D eigenvalue weighted by Crippen LogP contribution is -2.22. The van der Waals surface area contributed by atoms with Gasteiger partial charge in [0.15, 0.2) is 11.5 Å². The molecule has 0 spiro atoms. The van der Waals surface area contributed by atoms with Crippen LogP contribution >= 0.6 is 0 Å². The number of nitriles is 1. The summed E-state index contributed by atoms with van der Waals surface area (Å²) in [5, 5.41) is 11.6. The van der Waals surface area contributed by atoms with E-state index in [0.29, 0.717) is 30.3 Å². The minimum atomic E-state index is -0.341. The number of likely N-dealkylation sites (N-methyl/N-ethyl adjacent to an activating group) is 1. The van der Waals surface area contributed by atoms with Crippen LogP contribution in [0.4, 0.5) is 0 Å². The third-order valence-corrected chi connectivity index (χ3v) is 4.60. The Morgan fingerprint density at radius 2 is 1.80 bits per heavy atom. The molecule has 0 atom stereocenters. The highest BCUT2D eigenvalue weighted by atomic mass is 16.5. The summed E-state index contributed by atoms with van der Waals surface area (Å²) in [5.74, 6) is 0.840. The number of benzene rings is 3. The first-order chi connectivity index (χ1) is 14.5. The number of fused-ring (bicyclic) bond motifs is 1. The molecule has 3 aromatic carbocycles. The number of nitrogens with zero attached hydrogens (tertiary/aromatic N) is 2. The molecule has 0 heterocycles. The van der Waals surface area contributed by atoms with Gasteiger partial charge in [-0.25, -0.2) is 0 Å². The second-order valence-electron chi connectivity index (χ2n) is 6.94. The Morgan fingerprint density at radius 3 is 2.53 bits per heavy atom. The fourth-order valence-electron chi connectivity index (χ4n) is 3.13. The first-order valence-corrected chi connectivity index (χ1v) is 9.73. The van der Waals surface area contributed by atoms with Crippen LogP contribution in [0.5, 0.6) is 11.5 Å². The monoisotopic (exact) mass is 400 g/mol. The van der Waals surface area contributed by atoms with Crippen LogP contribution in [0, 0.1) is 11.3 Å². The summed E-state index contributed by atoms with van der Waals surface area (Å²) in [6.07, 6.45) is 1.55. The SMILES string of the molecule is CCOc1cc(/C=C(/C#N)C(=O)N(C)C)ccc1OCc1cccc2ccccc12. The standard InChI is InChI=1S/C25H24N2O3/c1-4-29-24-15-18(14-21(16-26)25(28)27(2)3)12-13-23(24)30-17-20-10-7-9-19-8-5-6-11-22(19)20/h5-15H,4,17H2,1-3H3/b21-14-. The van der Waals surface area contributed by atoms with Crippen molar-refractivity contribution in [3.05, 3.63) is 77.4 Å². The van der Waals surface area contributed by atoms with Crippen molar-refractivity contribution in [2.75, 3.05) is 20.7 Å². The summed E-state index contributed by atoms with van der Waals surface area (Å²) in [6.45, 7) is 2.77. The van der Waals surface area contributed by atoms with Gasteiger partial charge in [0.1, 0.15) is 18.2 Å². The van der Waals surface area contributed by atoms with E-state index in [1.807, 2.05) is 37.3 Å². The van der Waals surface area contributed by atoms with E-state index in [4.69, 9.17) is 9.47 Å². The molecule has 0 unspecified atom stereocenters. The van der Waals surface area contributed by atoms with E-state index in [9.17, 15) is 10.1 Å². The Balaban J connectivity index is 1.87. The van der Waals surface area contributed by atoms with Crippen LogP contribution in [0.15, 0.2) is 66.2 Å². The molecule has 1 amide bonds. The van der Waals surface area contributed by atoms with Gasteiger partial charge in [-0.3, -0.25) is 4.79 Å². The van der Waals surface area contributed by atoms with Crippen LogP contribution in [0.1, 0.15) is 18.1 Å². The van der Waals surface area contributed by atoms with Gasteiger partial charge in [0.2, 0.25) is 0 Å². The molecule has 0 saturated heterocycles. The maximum absolute atomic E-state index is 12.1. The lowest BCUT2D eigenvalue weighted by Gasteiger charge is -2.14. The first kappa shape index (κ1) is 20.9. The Morgan fingerprint density at radius 1 is 1.03 bits per heavy atom. The molecule has 0 aliphatic heterocycles. The average Bonchev–Trinajstić information content (AvgIpc) is 2.76. The zero-order chi connectivity index (χ0) is 21.5. The van der Waals surface area contributed by atoms with Crippen molar-refractivity contribution < 1.29 is 14.3 Å². The zero-order valence-electron chi connectivity index (χ0n) is 17.4. The number of hydrogen-bond acceptors (Lipinski definition) is 4. The lowest BCUT2D eigenvalue weighted by molar-refractivity contribution is -0.124. The first-order valence-electron chi connectivity index (χ1n) is 9.73. The fourth-order valence-corrected chi connectivity index (χ4v) is 3.13. The van der Waals surface area contributed by atoms with Gasteiger partial charge in [-0.15, -0.1) is 0 Å². The van der Waals surface area contributed by atoms with Crippen molar-refractivity contribution in [3.63, 3.8) is 0 Å². The van der Waals surface area contributed by atoms with Crippen molar-refractivity contribution in [1.29, 1.82) is 5.26 Å². The predicted molar refractivity (Wildman–Crippen MR) is 118 cm³/mol. The van der Waals surface area contributed by atoms with E-state index in [2.05, 4.69) is 18.2 Å². The van der Waals surface area contributed by atoms with Crippen molar-refractivity contribution >= 4 is 22.8 Å². The number of ether oxygens (including phenoxy) is 2. The summed E-state index contributed by atoms with van der Waals surface area (Å²) < 4.78 is 11.8. The predicted octanol–water partition coefficient (Wildman–Crippen LogP) is 4.81. The summed E-state index contributed by atoms with van der Waals surface area (Å²) in [4.78, 5) is 13.5. The molecule has 3 rings (SSSR count). The molecule has 152 valence electrons. The molecule has 30 heavy (non-hydrogen) atoms. The summed E-state index contributed by atoms with van der Waals surface area (Å²) in [5.41, 5.74) is 1.84. The number of amides is 1. The second-order valence-corrected chi connectivity index (χ2v) is 6.94. The van der Waals surface area contributed by atoms with E-state index in [-0.39, 0.29) is 11.5 Å². The van der Waals surface area contributed by atoms with Crippen LogP contribution in [0.2, 0.25) is 0 Å². The average molecular weight is 400 g/mol. The van der Waals surface area contributed by atoms with E-state index >= 15 is 0 Å². The van der Waals surface area contributed by atoms with Gasteiger partial charge < -0.3 is 14.4 Å². The third kappa shape index (κ3) is 4.79. The topological polar surface area (TPSA) is 62.6 Å². The normalized spacial score (nSPS) is 11.1. The van der Waals surface area contributed by atoms with Crippen LogP contribution in [0.3, 0.4) is 0 Å². The number of rotatable bonds is 7. The minimum Gasteiger partial charge on any atom is -0.490 e. The van der Waals surface area contributed by atoms with Crippen molar-refractivity contribution in [2.24, 2.45) is 0 Å². The van der Waals surface area contributed by atoms with Gasteiger partial charge in [-0.2, -0.15) is 5.26 Å². The van der Waals surface area contributed by atoms with E-state index < -0.39 is 0 Å². The molecule has 0 aliphatic carbocycles. The van der Waals surface area contributed by atoms with Gasteiger partial charge in [-0.05, 0) is 47.0 Å². The van der Waals surface area contributed by atoms with Crippen LogP contribution < -0.4 is 9.47 Å². The van der Waals surface area contributed by atoms with Gasteiger partial charge >= 0.3 is 0 Å². The van der Waals surface area contributed by atoms with Gasteiger partial charge in [0, 0.05) is 14.1 Å². The lowest BCUT2D eigenvalue weighted by atomic mass is 10.1. The van der Waals surface area contributed by atoms with E-state index in [0.717, 1.165) is 10.9 Å². The summed E-state index contributed by atoms with van der Waals surface area (Å²) in [7, 11) is 3.23. The molecule has 0 fully saturated rings. The Labute approximate surface area is 176 Å². The van der Waals surface area contributed by atoms with Crippen molar-refractivity contribution in [1.82, 2.24) is 4.90 Å². The molecule has 0 aromatic heterocycles. The zero-order valence-corrected chi connectivity index (χ0v) is 17.4. The molecule has 0 aliphatic rings. The highest BCUT2D eigenvalue weighted by molar-refractivity contribution is 6.01. The van der Waals surface area contributed by atoms with E-state index in [1.54, 1.807) is 38.4 Å². The Kier molecular flexibility index (Phi) is 6.71. The molecule has 0 radical (unpaired) electrons. The fraction of sp³-hybridized carbons (Fsp3) is 0.200. The molecule has 0 saturated carbocycles. The van der Waals surface area contributed by atoms with Crippen LogP contribution in [-0.2, 0) is 11.4 Å². The van der Waals surface area contributed by atoms with Crippen molar-refractivity contribution in [2.45, 2.75) is 13.5 Å². The quantitative estimate of drug-likeness (QED) is 0.422. The maximum atomic E-state index is 12.1. The molecular formula is C25H24N2O3. The highest BCUT2D eigenvalue weighted by Gasteiger charge is 2.13. The Hall–Kier alpha value is -3.78. The van der Waals surface area contributed by atoms with E-state index in [1.165, 1.54) is 10.3 Å². The van der Waals surface area contributed by atoms with Crippen molar-refractivity contribution in [3.8, 4) is 17.6 Å². The molecule has 5 nitrogen and oxygen atoms in total. The molecule has 3 aromatic rings. The third-order valence-electron chi connectivity index (χ3n) is 4.60.